The molecule has 0 aliphatic carbocycles. The molecule has 0 fully saturated rings. The molecule has 0 spiro atoms. The van der Waals surface area contributed by atoms with Crippen LogP contribution < -0.4 is 27.0 Å². The zero-order valence-electron chi connectivity index (χ0n) is 20.1. The molecule has 0 aromatic heterocycles. The predicted octanol–water partition coefficient (Wildman–Crippen LogP) is -0.739. The largest absolute Gasteiger partial charge is 0.480 e. The first kappa shape index (κ1) is 31.3. The summed E-state index contributed by atoms with van der Waals surface area (Å²) in [5, 5.41) is 19.2. The average molecular weight is 542 g/mol. The second-order valence-electron chi connectivity index (χ2n) is 8.10. The van der Waals surface area contributed by atoms with Gasteiger partial charge in [0, 0.05) is 17.9 Å². The third kappa shape index (κ3) is 11.3. The maximum absolute atomic E-state index is 13.2. The summed E-state index contributed by atoms with van der Waals surface area (Å²) >= 11 is 7.88. The van der Waals surface area contributed by atoms with Crippen molar-refractivity contribution >= 4 is 54.9 Å². The summed E-state index contributed by atoms with van der Waals surface area (Å²) in [5.41, 5.74) is 6.34. The molecule has 0 radical (unpaired) electrons. The Hall–Kier alpha value is -2.77. The van der Waals surface area contributed by atoms with Crippen LogP contribution in [0.3, 0.4) is 0 Å². The molecule has 36 heavy (non-hydrogen) atoms. The van der Waals surface area contributed by atoms with Crippen molar-refractivity contribution in [3.8, 4) is 0 Å². The van der Waals surface area contributed by atoms with Crippen LogP contribution in [-0.4, -0.2) is 76.9 Å². The van der Waals surface area contributed by atoms with Crippen molar-refractivity contribution < 1.29 is 29.1 Å². The van der Waals surface area contributed by atoms with Crippen molar-refractivity contribution in [2.75, 3.05) is 18.1 Å². The highest BCUT2D eigenvalue weighted by Gasteiger charge is 2.29. The molecule has 0 aliphatic rings. The molecule has 13 heteroatoms. The Morgan fingerprint density at radius 3 is 2.06 bits per heavy atom. The second kappa shape index (κ2) is 16.8. The van der Waals surface area contributed by atoms with E-state index in [9.17, 15) is 29.1 Å². The molecule has 4 amide bonds. The van der Waals surface area contributed by atoms with E-state index >= 15 is 0 Å². The summed E-state index contributed by atoms with van der Waals surface area (Å²) in [6.45, 7) is 1.51. The van der Waals surface area contributed by atoms with Crippen LogP contribution in [0.2, 0.25) is 0 Å². The number of carboxylic acids is 1. The lowest BCUT2D eigenvalue weighted by Gasteiger charge is -2.24. The van der Waals surface area contributed by atoms with Gasteiger partial charge in [0.25, 0.3) is 0 Å². The minimum Gasteiger partial charge on any atom is -0.480 e. The van der Waals surface area contributed by atoms with Gasteiger partial charge in [-0.05, 0) is 12.0 Å². The molecule has 1 aromatic carbocycles. The molecule has 200 valence electrons. The van der Waals surface area contributed by atoms with E-state index in [-0.39, 0.29) is 24.3 Å². The molecule has 0 aliphatic heterocycles. The maximum Gasteiger partial charge on any atom is 0.327 e. The molecule has 0 saturated heterocycles. The molecule has 0 saturated carbocycles. The number of nitrogens with two attached hydrogens (primary N) is 1. The van der Waals surface area contributed by atoms with Gasteiger partial charge in [-0.25, -0.2) is 4.79 Å². The molecule has 1 rings (SSSR count). The van der Waals surface area contributed by atoms with Gasteiger partial charge >= 0.3 is 5.97 Å². The first-order valence-corrected chi connectivity index (χ1v) is 12.8. The fourth-order valence-corrected chi connectivity index (χ4v) is 3.51. The van der Waals surface area contributed by atoms with E-state index in [4.69, 9.17) is 5.73 Å². The van der Waals surface area contributed by atoms with Crippen molar-refractivity contribution in [2.24, 2.45) is 5.73 Å². The van der Waals surface area contributed by atoms with Crippen molar-refractivity contribution in [1.82, 2.24) is 21.3 Å². The number of hydrogen-bond acceptors (Lipinski definition) is 8. The quantitative estimate of drug-likeness (QED) is 0.127. The second-order valence-corrected chi connectivity index (χ2v) is 8.83. The monoisotopic (exact) mass is 541 g/mol. The van der Waals surface area contributed by atoms with Crippen molar-refractivity contribution in [3.63, 3.8) is 0 Å². The highest BCUT2D eigenvalue weighted by Crippen LogP contribution is 2.07. The van der Waals surface area contributed by atoms with E-state index in [0.29, 0.717) is 6.42 Å². The van der Waals surface area contributed by atoms with Crippen LogP contribution in [0.5, 0.6) is 0 Å². The fraction of sp³-hybridized carbons (Fsp3) is 0.522. The molecule has 0 heterocycles. The summed E-state index contributed by atoms with van der Waals surface area (Å²) in [4.78, 5) is 61.6. The van der Waals surface area contributed by atoms with Gasteiger partial charge in [-0.2, -0.15) is 25.3 Å². The van der Waals surface area contributed by atoms with Gasteiger partial charge in [-0.3, -0.25) is 19.2 Å². The van der Waals surface area contributed by atoms with E-state index in [1.165, 1.54) is 0 Å². The number of unbranched alkanes of at least 4 members (excludes halogenated alkanes) is 1. The highest BCUT2D eigenvalue weighted by molar-refractivity contribution is 7.80. The third-order valence-electron chi connectivity index (χ3n) is 5.17. The zero-order valence-corrected chi connectivity index (χ0v) is 21.9. The first-order chi connectivity index (χ1) is 17.1. The van der Waals surface area contributed by atoms with Crippen LogP contribution in [0, 0.1) is 0 Å². The minimum atomic E-state index is -1.24. The lowest BCUT2D eigenvalue weighted by Crippen LogP contribution is -2.57. The fourth-order valence-electron chi connectivity index (χ4n) is 3.09. The number of aliphatic carboxylic acids is 1. The summed E-state index contributed by atoms with van der Waals surface area (Å²) in [7, 11) is 0. The number of rotatable bonds is 16. The number of carbonyl (C=O) groups excluding carboxylic acids is 4. The number of hydrogen-bond donors (Lipinski definition) is 8. The van der Waals surface area contributed by atoms with Crippen molar-refractivity contribution in [1.29, 1.82) is 0 Å². The van der Waals surface area contributed by atoms with Crippen LogP contribution in [-0.2, 0) is 30.4 Å². The topological polar surface area (TPSA) is 180 Å². The van der Waals surface area contributed by atoms with E-state index in [0.717, 1.165) is 12.0 Å². The van der Waals surface area contributed by atoms with E-state index in [1.807, 2.05) is 13.0 Å². The van der Waals surface area contributed by atoms with Crippen molar-refractivity contribution in [2.45, 2.75) is 56.8 Å². The van der Waals surface area contributed by atoms with Gasteiger partial charge < -0.3 is 32.1 Å². The number of benzene rings is 1. The minimum absolute atomic E-state index is 0.101. The normalized spacial score (nSPS) is 14.0. The number of thiol groups is 2. The maximum atomic E-state index is 13.2. The Kier molecular flexibility index (Phi) is 14.6. The Morgan fingerprint density at radius 2 is 1.50 bits per heavy atom. The third-order valence-corrected chi connectivity index (χ3v) is 5.93. The highest BCUT2D eigenvalue weighted by atomic mass is 32.1. The lowest BCUT2D eigenvalue weighted by atomic mass is 10.0. The van der Waals surface area contributed by atoms with E-state index in [1.54, 1.807) is 24.3 Å². The van der Waals surface area contributed by atoms with E-state index in [2.05, 4.69) is 46.5 Å². The van der Waals surface area contributed by atoms with Gasteiger partial charge in [0.2, 0.25) is 23.6 Å². The molecule has 7 N–H and O–H groups in total. The average Bonchev–Trinajstić information content (AvgIpc) is 2.87. The van der Waals surface area contributed by atoms with Gasteiger partial charge in [-0.1, -0.05) is 50.1 Å². The summed E-state index contributed by atoms with van der Waals surface area (Å²) in [5.74, 6) is -3.73. The van der Waals surface area contributed by atoms with Gasteiger partial charge in [-0.15, -0.1) is 0 Å². The summed E-state index contributed by atoms with van der Waals surface area (Å²) in [6, 6.07) is 4.77. The van der Waals surface area contributed by atoms with Gasteiger partial charge in [0.1, 0.15) is 18.1 Å². The van der Waals surface area contributed by atoms with Gasteiger partial charge in [0.05, 0.1) is 12.6 Å². The number of nitrogens with one attached hydrogen (secondary N) is 4. The molecule has 0 unspecified atom stereocenters. The molecule has 11 nitrogen and oxygen atoms in total. The molecular weight excluding hydrogens is 506 g/mol. The van der Waals surface area contributed by atoms with Crippen LogP contribution >= 0.6 is 25.3 Å². The van der Waals surface area contributed by atoms with E-state index < -0.39 is 60.3 Å². The molecule has 0 bridgehead atoms. The smallest absolute Gasteiger partial charge is 0.327 e. The predicted molar refractivity (Wildman–Crippen MR) is 142 cm³/mol. The molecular formula is C23H35N5O6S2. The Morgan fingerprint density at radius 1 is 0.889 bits per heavy atom. The van der Waals surface area contributed by atoms with Gasteiger partial charge in [0.15, 0.2) is 0 Å². The number of carboxylic acid groups (broad SMARTS) is 1. The number of carbonyl (C=O) groups is 5. The molecule has 1 aromatic rings. The zero-order chi connectivity index (χ0) is 27.1. The standard InChI is InChI=1S/C23H35N5O6S2/c1-2-3-9-16(21(31)28-18(13-36)23(33)34)27-22(32)17(10-14-7-5-4-6-8-14)26-19(29)11-25-20(30)15(24)12-35/h4-8,15-18,35-36H,2-3,9-13,24H2,1H3,(H,25,30)(H,26,29)(H,27,32)(H,28,31)(H,33,34)/t15-,16-,17-,18-/m0/s1. The van der Waals surface area contributed by atoms with Crippen LogP contribution in [0.25, 0.3) is 0 Å². The number of amides is 4. The molecule has 4 atom stereocenters. The van der Waals surface area contributed by atoms with Crippen molar-refractivity contribution in [3.05, 3.63) is 35.9 Å². The Balaban J connectivity index is 2.99. The Bertz CT molecular complexity index is 889. The summed E-state index contributed by atoms with van der Waals surface area (Å²) < 4.78 is 0. The van der Waals surface area contributed by atoms with Crippen LogP contribution in [0.4, 0.5) is 0 Å². The SMILES string of the molecule is CCCC[C@H](NC(=O)[C@H](Cc1ccccc1)NC(=O)CNC(=O)[C@@H](N)CS)C(=O)N[C@@H](CS)C(=O)O. The summed E-state index contributed by atoms with van der Waals surface area (Å²) in [6.07, 6.45) is 1.74. The lowest BCUT2D eigenvalue weighted by molar-refractivity contribution is -0.141. The first-order valence-electron chi connectivity index (χ1n) is 11.5. The Labute approximate surface area is 221 Å². The van der Waals surface area contributed by atoms with Crippen LogP contribution in [0.15, 0.2) is 30.3 Å². The van der Waals surface area contributed by atoms with Crippen LogP contribution in [0.1, 0.15) is 31.7 Å².